The van der Waals surface area contributed by atoms with E-state index >= 15 is 0 Å². The van der Waals surface area contributed by atoms with Crippen molar-refractivity contribution < 1.29 is 19.8 Å². The molecule has 1 saturated heterocycles. The lowest BCUT2D eigenvalue weighted by molar-refractivity contribution is -0.139. The second-order valence-corrected chi connectivity index (χ2v) is 3.55. The molecule has 1 aliphatic rings. The molecule has 1 unspecified atom stereocenters. The van der Waals surface area contributed by atoms with Crippen LogP contribution in [0.5, 0.6) is 0 Å². The smallest absolute Gasteiger partial charge is 0.326 e. The van der Waals surface area contributed by atoms with Crippen molar-refractivity contribution in [3.63, 3.8) is 0 Å². The predicted molar refractivity (Wildman–Crippen MR) is 52.5 cm³/mol. The lowest BCUT2D eigenvalue weighted by atomic mass is 10.2. The number of aliphatic hydroxyl groups excluding tert-OH is 1. The zero-order chi connectivity index (χ0) is 11.3. The van der Waals surface area contributed by atoms with Gasteiger partial charge in [-0.3, -0.25) is 0 Å². The lowest BCUT2D eigenvalue weighted by Gasteiger charge is -2.19. The van der Waals surface area contributed by atoms with Crippen LogP contribution in [0.4, 0.5) is 4.79 Å². The Labute approximate surface area is 87.9 Å². The van der Waals surface area contributed by atoms with E-state index in [1.54, 1.807) is 4.90 Å². The molecule has 2 amide bonds. The van der Waals surface area contributed by atoms with Crippen molar-refractivity contribution in [1.29, 1.82) is 0 Å². The number of likely N-dealkylation sites (tertiary alicyclic amines) is 1. The largest absolute Gasteiger partial charge is 0.480 e. The van der Waals surface area contributed by atoms with Gasteiger partial charge in [-0.2, -0.15) is 0 Å². The molecule has 0 radical (unpaired) electrons. The van der Waals surface area contributed by atoms with Gasteiger partial charge in [0.05, 0.1) is 0 Å². The minimum Gasteiger partial charge on any atom is -0.480 e. The monoisotopic (exact) mass is 216 g/mol. The van der Waals surface area contributed by atoms with Crippen LogP contribution in [0.15, 0.2) is 0 Å². The summed E-state index contributed by atoms with van der Waals surface area (Å²) in [5, 5.41) is 19.8. The Morgan fingerprint density at radius 1 is 1.33 bits per heavy atom. The van der Waals surface area contributed by atoms with E-state index in [0.29, 0.717) is 13.1 Å². The second-order valence-electron chi connectivity index (χ2n) is 3.55. The molecular formula is C9H16N2O4. The van der Waals surface area contributed by atoms with Crippen molar-refractivity contribution in [1.82, 2.24) is 10.2 Å². The van der Waals surface area contributed by atoms with Gasteiger partial charge in [-0.05, 0) is 12.8 Å². The number of carboxylic acid groups (broad SMARTS) is 1. The molecule has 1 atom stereocenters. The zero-order valence-corrected chi connectivity index (χ0v) is 8.48. The third kappa shape index (κ3) is 3.39. The highest BCUT2D eigenvalue weighted by Crippen LogP contribution is 2.07. The fraction of sp³-hybridized carbons (Fsp3) is 0.778. The Bertz CT molecular complexity index is 238. The number of carbonyl (C=O) groups excluding carboxylic acids is 1. The van der Waals surface area contributed by atoms with E-state index in [0.717, 1.165) is 12.8 Å². The van der Waals surface area contributed by atoms with Gasteiger partial charge in [0.1, 0.15) is 6.04 Å². The van der Waals surface area contributed by atoms with E-state index in [4.69, 9.17) is 10.2 Å². The zero-order valence-electron chi connectivity index (χ0n) is 8.48. The molecule has 0 aromatic heterocycles. The molecule has 0 bridgehead atoms. The molecule has 1 aliphatic heterocycles. The van der Waals surface area contributed by atoms with Crippen molar-refractivity contribution in [2.75, 3.05) is 19.7 Å². The van der Waals surface area contributed by atoms with E-state index in [1.807, 2.05) is 0 Å². The molecule has 0 aliphatic carbocycles. The number of amides is 2. The van der Waals surface area contributed by atoms with Gasteiger partial charge < -0.3 is 20.4 Å². The van der Waals surface area contributed by atoms with Gasteiger partial charge in [-0.1, -0.05) is 0 Å². The van der Waals surface area contributed by atoms with E-state index < -0.39 is 12.0 Å². The maximum Gasteiger partial charge on any atom is 0.326 e. The summed E-state index contributed by atoms with van der Waals surface area (Å²) in [6.07, 6.45) is 1.96. The first-order chi connectivity index (χ1) is 7.15. The van der Waals surface area contributed by atoms with Gasteiger partial charge in [-0.25, -0.2) is 9.59 Å². The van der Waals surface area contributed by atoms with E-state index in [-0.39, 0.29) is 19.1 Å². The van der Waals surface area contributed by atoms with Gasteiger partial charge in [0.15, 0.2) is 0 Å². The number of hydrogen-bond donors (Lipinski definition) is 3. The Balaban J connectivity index is 2.42. The Morgan fingerprint density at radius 2 is 1.93 bits per heavy atom. The molecule has 1 heterocycles. The van der Waals surface area contributed by atoms with Crippen LogP contribution in [0.2, 0.25) is 0 Å². The second kappa shape index (κ2) is 5.55. The standard InChI is InChI=1S/C9H16N2O4/c12-6-3-7(8(13)14)10-9(15)11-4-1-2-5-11/h7,12H,1-6H2,(H,10,15)(H,13,14). The Kier molecular flexibility index (Phi) is 4.36. The minimum atomic E-state index is -1.11. The maximum atomic E-state index is 11.5. The summed E-state index contributed by atoms with van der Waals surface area (Å²) < 4.78 is 0. The highest BCUT2D eigenvalue weighted by atomic mass is 16.4. The topological polar surface area (TPSA) is 89.9 Å². The third-order valence-corrected chi connectivity index (χ3v) is 2.41. The van der Waals surface area contributed by atoms with Gasteiger partial charge in [0, 0.05) is 26.1 Å². The molecule has 15 heavy (non-hydrogen) atoms. The summed E-state index contributed by atoms with van der Waals surface area (Å²) >= 11 is 0. The van der Waals surface area contributed by atoms with Crippen molar-refractivity contribution in [2.24, 2.45) is 0 Å². The maximum absolute atomic E-state index is 11.5. The van der Waals surface area contributed by atoms with Gasteiger partial charge in [-0.15, -0.1) is 0 Å². The van der Waals surface area contributed by atoms with Gasteiger partial charge in [0.25, 0.3) is 0 Å². The molecular weight excluding hydrogens is 200 g/mol. The molecule has 0 aromatic rings. The highest BCUT2D eigenvalue weighted by molar-refractivity contribution is 5.82. The van der Waals surface area contributed by atoms with Crippen LogP contribution in [-0.4, -0.2) is 52.9 Å². The summed E-state index contributed by atoms with van der Waals surface area (Å²) in [5.41, 5.74) is 0. The number of nitrogens with zero attached hydrogens (tertiary/aromatic N) is 1. The number of rotatable bonds is 4. The molecule has 0 spiro atoms. The van der Waals surface area contributed by atoms with Crippen LogP contribution in [-0.2, 0) is 4.79 Å². The number of nitrogens with one attached hydrogen (secondary N) is 1. The fourth-order valence-electron chi connectivity index (χ4n) is 1.55. The Hall–Kier alpha value is -1.30. The number of carbonyl (C=O) groups is 2. The first-order valence-corrected chi connectivity index (χ1v) is 5.04. The molecule has 1 fully saturated rings. The van der Waals surface area contributed by atoms with Crippen LogP contribution in [0, 0.1) is 0 Å². The first-order valence-electron chi connectivity index (χ1n) is 5.04. The Morgan fingerprint density at radius 3 is 2.40 bits per heavy atom. The summed E-state index contributed by atoms with van der Waals surface area (Å²) in [4.78, 5) is 23.8. The SMILES string of the molecule is O=C(O)C(CCO)NC(=O)N1CCCC1. The summed E-state index contributed by atoms with van der Waals surface area (Å²) in [7, 11) is 0. The van der Waals surface area contributed by atoms with Crippen LogP contribution in [0.25, 0.3) is 0 Å². The van der Waals surface area contributed by atoms with Crippen molar-refractivity contribution in [2.45, 2.75) is 25.3 Å². The molecule has 0 aromatic carbocycles. The molecule has 0 saturated carbocycles. The van der Waals surface area contributed by atoms with Crippen LogP contribution < -0.4 is 5.32 Å². The number of hydrogen-bond acceptors (Lipinski definition) is 3. The van der Waals surface area contributed by atoms with E-state index in [9.17, 15) is 9.59 Å². The fourth-order valence-corrected chi connectivity index (χ4v) is 1.55. The van der Waals surface area contributed by atoms with Gasteiger partial charge in [0.2, 0.25) is 0 Å². The lowest BCUT2D eigenvalue weighted by Crippen LogP contribution is -2.47. The first kappa shape index (κ1) is 11.8. The molecule has 1 rings (SSSR count). The van der Waals surface area contributed by atoms with Crippen LogP contribution in [0.3, 0.4) is 0 Å². The van der Waals surface area contributed by atoms with Crippen LogP contribution in [0.1, 0.15) is 19.3 Å². The predicted octanol–water partition coefficient (Wildman–Crippen LogP) is -0.373. The molecule has 86 valence electrons. The van der Waals surface area contributed by atoms with Crippen molar-refractivity contribution >= 4 is 12.0 Å². The quantitative estimate of drug-likeness (QED) is 0.598. The van der Waals surface area contributed by atoms with Crippen molar-refractivity contribution in [3.05, 3.63) is 0 Å². The third-order valence-electron chi connectivity index (χ3n) is 2.41. The average molecular weight is 216 g/mol. The summed E-state index contributed by atoms with van der Waals surface area (Å²) in [5.74, 6) is -1.11. The number of carboxylic acids is 1. The summed E-state index contributed by atoms with van der Waals surface area (Å²) in [6, 6.07) is -1.35. The molecule has 6 heteroatoms. The van der Waals surface area contributed by atoms with Gasteiger partial charge >= 0.3 is 12.0 Å². The average Bonchev–Trinajstić information content (AvgIpc) is 2.69. The van der Waals surface area contributed by atoms with E-state index in [1.165, 1.54) is 0 Å². The number of aliphatic hydroxyl groups is 1. The normalized spacial score (nSPS) is 17.5. The number of urea groups is 1. The molecule has 3 N–H and O–H groups in total. The van der Waals surface area contributed by atoms with Crippen molar-refractivity contribution in [3.8, 4) is 0 Å². The van der Waals surface area contributed by atoms with E-state index in [2.05, 4.69) is 5.32 Å². The highest BCUT2D eigenvalue weighted by Gasteiger charge is 2.24. The summed E-state index contributed by atoms with van der Waals surface area (Å²) in [6.45, 7) is 1.10. The number of aliphatic carboxylic acids is 1. The van der Waals surface area contributed by atoms with Crippen LogP contribution >= 0.6 is 0 Å². The molecule has 6 nitrogen and oxygen atoms in total. The minimum absolute atomic E-state index is 0.0366.